The number of carbonyl (C=O) groups excluding carboxylic acids is 3. The number of pyridine rings is 1. The van der Waals surface area contributed by atoms with Crippen LogP contribution >= 0.6 is 0 Å². The number of hydrogen-bond acceptors (Lipinski definition) is 8. The molecule has 0 saturated carbocycles. The minimum atomic E-state index is -0.314. The topological polar surface area (TPSA) is 136 Å². The molecule has 0 radical (unpaired) electrons. The van der Waals surface area contributed by atoms with Crippen molar-refractivity contribution in [2.24, 2.45) is 0 Å². The fraction of sp³-hybridized carbons (Fsp3) is 0.341. The van der Waals surface area contributed by atoms with Crippen LogP contribution in [-0.2, 0) is 30.8 Å². The van der Waals surface area contributed by atoms with Crippen LogP contribution in [0.5, 0.6) is 5.75 Å². The monoisotopic (exact) mass is 704 g/mol. The second-order valence-corrected chi connectivity index (χ2v) is 12.3. The molecule has 11 heteroatoms. The molecule has 52 heavy (non-hydrogen) atoms. The number of benzene rings is 3. The number of fused-ring (bicyclic) bond motifs is 1. The van der Waals surface area contributed by atoms with Gasteiger partial charge in [-0.05, 0) is 85.3 Å². The molecule has 3 heterocycles. The summed E-state index contributed by atoms with van der Waals surface area (Å²) in [6.45, 7) is 10.7. The first-order chi connectivity index (χ1) is 25.4. The number of nitrogens with zero attached hydrogens (tertiary/aromatic N) is 3. The second kappa shape index (κ2) is 18.1. The lowest BCUT2D eigenvalue weighted by atomic mass is 10.0. The van der Waals surface area contributed by atoms with E-state index in [0.717, 1.165) is 63.8 Å². The van der Waals surface area contributed by atoms with Crippen LogP contribution in [0.3, 0.4) is 0 Å². The molecule has 2 amide bonds. The van der Waals surface area contributed by atoms with Gasteiger partial charge in [0.2, 0.25) is 0 Å². The van der Waals surface area contributed by atoms with Crippen molar-refractivity contribution >= 4 is 34.8 Å². The van der Waals surface area contributed by atoms with Gasteiger partial charge in [0.15, 0.2) is 5.65 Å². The molecule has 0 aliphatic carbocycles. The van der Waals surface area contributed by atoms with E-state index in [4.69, 9.17) is 14.5 Å². The number of aryl methyl sites for hydroxylation is 2. The molecule has 3 aromatic carbocycles. The first kappa shape index (κ1) is 37.7. The van der Waals surface area contributed by atoms with Crippen molar-refractivity contribution in [3.63, 3.8) is 0 Å². The molecule has 1 aliphatic rings. The van der Waals surface area contributed by atoms with Crippen LogP contribution < -0.4 is 20.7 Å². The minimum absolute atomic E-state index is 0.236. The summed E-state index contributed by atoms with van der Waals surface area (Å²) in [5.41, 5.74) is 7.47. The fourth-order valence-electron chi connectivity index (χ4n) is 6.30. The van der Waals surface area contributed by atoms with Gasteiger partial charge in [-0.3, -0.25) is 14.4 Å². The Labute approximate surface area is 305 Å². The SMILES string of the molecule is CC.CCc1nc2c(cnn2CC)c(NC2CCOCC2)c1CNC(=O)c1cccc(C(=O)NCc2cc(OC)cc(-c3cccc(C=O)c3)c2)c1. The molecule has 0 atom stereocenters. The molecule has 1 fully saturated rings. The Hall–Kier alpha value is -5.55. The first-order valence-electron chi connectivity index (χ1n) is 18.0. The van der Waals surface area contributed by atoms with Gasteiger partial charge in [-0.2, -0.15) is 5.10 Å². The quantitative estimate of drug-likeness (QED) is 0.112. The predicted octanol–water partition coefficient (Wildman–Crippen LogP) is 6.98. The summed E-state index contributed by atoms with van der Waals surface area (Å²) in [5.74, 6) is 0.0247. The van der Waals surface area contributed by atoms with Crippen molar-refractivity contribution < 1.29 is 23.9 Å². The number of amides is 2. The van der Waals surface area contributed by atoms with Gasteiger partial charge in [0, 0.05) is 66.8 Å². The smallest absolute Gasteiger partial charge is 0.251 e. The zero-order valence-corrected chi connectivity index (χ0v) is 30.6. The predicted molar refractivity (Wildman–Crippen MR) is 204 cm³/mol. The zero-order chi connectivity index (χ0) is 37.0. The van der Waals surface area contributed by atoms with E-state index in [1.807, 2.05) is 68.0 Å². The third-order valence-electron chi connectivity index (χ3n) is 9.00. The van der Waals surface area contributed by atoms with Crippen molar-refractivity contribution in [3.05, 3.63) is 106 Å². The average Bonchev–Trinajstić information content (AvgIpc) is 3.63. The molecule has 11 nitrogen and oxygen atoms in total. The van der Waals surface area contributed by atoms with Gasteiger partial charge in [-0.25, -0.2) is 9.67 Å². The number of aldehydes is 1. The number of rotatable bonds is 13. The van der Waals surface area contributed by atoms with Gasteiger partial charge in [-0.1, -0.05) is 45.0 Å². The molecule has 5 aromatic rings. The van der Waals surface area contributed by atoms with Crippen LogP contribution in [0.25, 0.3) is 22.2 Å². The Bertz CT molecular complexity index is 2020. The highest BCUT2D eigenvalue weighted by Gasteiger charge is 2.22. The Balaban J connectivity index is 0.00000257. The maximum Gasteiger partial charge on any atom is 0.251 e. The number of hydrogen-bond donors (Lipinski definition) is 3. The van der Waals surface area contributed by atoms with Crippen LogP contribution in [0.15, 0.2) is 72.9 Å². The summed E-state index contributed by atoms with van der Waals surface area (Å²) in [5, 5.41) is 15.3. The summed E-state index contributed by atoms with van der Waals surface area (Å²) in [6.07, 6.45) is 5.12. The summed E-state index contributed by atoms with van der Waals surface area (Å²) in [4.78, 5) is 43.1. The van der Waals surface area contributed by atoms with Gasteiger partial charge in [0.25, 0.3) is 11.8 Å². The van der Waals surface area contributed by atoms with Gasteiger partial charge < -0.3 is 25.4 Å². The number of ether oxygens (including phenoxy) is 2. The molecule has 0 unspecified atom stereocenters. The number of anilines is 1. The number of aromatic nitrogens is 3. The van der Waals surface area contributed by atoms with E-state index in [0.29, 0.717) is 48.6 Å². The highest BCUT2D eigenvalue weighted by molar-refractivity contribution is 6.00. The summed E-state index contributed by atoms with van der Waals surface area (Å²) in [6, 6.07) is 19.9. The molecule has 3 N–H and O–H groups in total. The van der Waals surface area contributed by atoms with Gasteiger partial charge >= 0.3 is 0 Å². The molecule has 0 bridgehead atoms. The van der Waals surface area contributed by atoms with E-state index in [9.17, 15) is 14.4 Å². The summed E-state index contributed by atoms with van der Waals surface area (Å²) in [7, 11) is 1.58. The molecule has 1 aliphatic heterocycles. The summed E-state index contributed by atoms with van der Waals surface area (Å²) < 4.78 is 13.0. The number of nitrogens with one attached hydrogen (secondary N) is 3. The normalized spacial score (nSPS) is 12.8. The fourth-order valence-corrected chi connectivity index (χ4v) is 6.30. The Morgan fingerprint density at radius 3 is 2.31 bits per heavy atom. The van der Waals surface area contributed by atoms with E-state index in [-0.39, 0.29) is 30.9 Å². The Morgan fingerprint density at radius 2 is 1.63 bits per heavy atom. The maximum absolute atomic E-state index is 13.5. The van der Waals surface area contributed by atoms with Crippen LogP contribution in [0.2, 0.25) is 0 Å². The Morgan fingerprint density at radius 1 is 0.923 bits per heavy atom. The van der Waals surface area contributed by atoms with Crippen molar-refractivity contribution in [1.29, 1.82) is 0 Å². The lowest BCUT2D eigenvalue weighted by Gasteiger charge is -2.26. The Kier molecular flexibility index (Phi) is 13.1. The van der Waals surface area contributed by atoms with Crippen LogP contribution in [0.1, 0.15) is 88.4 Å². The van der Waals surface area contributed by atoms with Crippen LogP contribution in [0, 0.1) is 0 Å². The van der Waals surface area contributed by atoms with Crippen molar-refractivity contribution in [2.45, 2.75) is 72.6 Å². The average molecular weight is 705 g/mol. The lowest BCUT2D eigenvalue weighted by molar-refractivity contribution is 0.0904. The standard InChI is InChI=1S/C39H42N6O5.C2H6/c1-4-35-33(36(43-31-12-14-50-15-13-31)34-23-42-45(5-2)37(34)44-35)22-41-39(48)29-11-7-10-28(19-29)38(47)40-21-26-17-30(20-32(18-26)49-3)27-9-6-8-25(16-27)24-46;1-2/h6-11,16-20,23-24,31H,4-5,12-15,21-22H2,1-3H3,(H,40,47)(H,41,48)(H,43,44);1-2H3. The van der Waals surface area contributed by atoms with Crippen molar-refractivity contribution in [1.82, 2.24) is 25.4 Å². The maximum atomic E-state index is 13.5. The van der Waals surface area contributed by atoms with E-state index >= 15 is 0 Å². The van der Waals surface area contributed by atoms with Crippen LogP contribution in [0.4, 0.5) is 5.69 Å². The minimum Gasteiger partial charge on any atom is -0.497 e. The number of carbonyl (C=O) groups is 3. The van der Waals surface area contributed by atoms with Crippen molar-refractivity contribution in [3.8, 4) is 16.9 Å². The first-order valence-corrected chi connectivity index (χ1v) is 18.0. The van der Waals surface area contributed by atoms with Gasteiger partial charge in [-0.15, -0.1) is 0 Å². The van der Waals surface area contributed by atoms with Gasteiger partial charge in [0.05, 0.1) is 24.4 Å². The molecule has 6 rings (SSSR count). The lowest BCUT2D eigenvalue weighted by Crippen LogP contribution is -2.30. The summed E-state index contributed by atoms with van der Waals surface area (Å²) >= 11 is 0. The van der Waals surface area contributed by atoms with Crippen LogP contribution in [-0.4, -0.2) is 59.2 Å². The second-order valence-electron chi connectivity index (χ2n) is 12.3. The molecular weight excluding hydrogens is 656 g/mol. The van der Waals surface area contributed by atoms with E-state index < -0.39 is 0 Å². The van der Waals surface area contributed by atoms with E-state index in [1.165, 1.54) is 0 Å². The highest BCUT2D eigenvalue weighted by atomic mass is 16.5. The van der Waals surface area contributed by atoms with Crippen molar-refractivity contribution in [2.75, 3.05) is 25.6 Å². The third kappa shape index (κ3) is 8.84. The molecular formula is C41H48N6O5. The van der Waals surface area contributed by atoms with E-state index in [1.54, 1.807) is 37.4 Å². The molecule has 0 spiro atoms. The number of methoxy groups -OCH3 is 1. The zero-order valence-electron chi connectivity index (χ0n) is 30.6. The molecule has 2 aromatic heterocycles. The molecule has 1 saturated heterocycles. The highest BCUT2D eigenvalue weighted by Crippen LogP contribution is 2.31. The van der Waals surface area contributed by atoms with Gasteiger partial charge in [0.1, 0.15) is 12.0 Å². The largest absolute Gasteiger partial charge is 0.497 e. The van der Waals surface area contributed by atoms with E-state index in [2.05, 4.69) is 28.0 Å². The molecule has 272 valence electrons. The third-order valence-corrected chi connectivity index (χ3v) is 9.00.